The third-order valence-corrected chi connectivity index (χ3v) is 1.44. The topological polar surface area (TPSA) is 68.2 Å². The van der Waals surface area contributed by atoms with E-state index >= 15 is 0 Å². The minimum atomic E-state index is -4.38. The highest BCUT2D eigenvalue weighted by Crippen LogP contribution is 2.27. The van der Waals surface area contributed by atoms with Gasteiger partial charge in [-0.05, 0) is 0 Å². The molecule has 2 N–H and O–H groups in total. The highest BCUT2D eigenvalue weighted by molar-refractivity contribution is 4.59. The summed E-state index contributed by atoms with van der Waals surface area (Å²) in [5.74, 6) is 0. The van der Waals surface area contributed by atoms with Gasteiger partial charge in [-0.2, -0.15) is 17.6 Å². The van der Waals surface area contributed by atoms with Gasteiger partial charge >= 0.3 is 12.2 Å². The van der Waals surface area contributed by atoms with E-state index in [1.165, 1.54) is 0 Å². The molecule has 0 amide bonds. The van der Waals surface area contributed by atoms with Crippen molar-refractivity contribution in [2.24, 2.45) is 0 Å². The summed E-state index contributed by atoms with van der Waals surface area (Å²) in [5, 5.41) is 17.1. The Morgan fingerprint density at radius 2 is 1.50 bits per heavy atom. The summed E-state index contributed by atoms with van der Waals surface area (Å²) < 4.78 is 73.1. The highest BCUT2D eigenvalue weighted by atomic mass is 19.3. The van der Waals surface area contributed by atoms with Crippen molar-refractivity contribution in [1.82, 2.24) is 0 Å². The van der Waals surface area contributed by atoms with Crippen LogP contribution >= 0.6 is 0 Å². The first-order chi connectivity index (χ1) is 8.22. The van der Waals surface area contributed by atoms with E-state index in [1.807, 2.05) is 0 Å². The van der Waals surface area contributed by atoms with E-state index in [0.29, 0.717) is 0 Å². The number of aliphatic hydroxyl groups excluding tert-OH is 2. The first kappa shape index (κ1) is 17.4. The Bertz CT molecular complexity index is 228. The second-order valence-corrected chi connectivity index (χ2v) is 3.19. The highest BCUT2D eigenvalue weighted by Gasteiger charge is 2.44. The lowest BCUT2D eigenvalue weighted by molar-refractivity contribution is -0.395. The molecule has 0 saturated carbocycles. The fourth-order valence-corrected chi connectivity index (χ4v) is 0.801. The predicted molar refractivity (Wildman–Crippen MR) is 46.8 cm³/mol. The molecule has 0 aliphatic rings. The normalized spacial score (nSPS) is 14.8. The van der Waals surface area contributed by atoms with Crippen molar-refractivity contribution in [2.75, 3.05) is 33.3 Å². The van der Waals surface area contributed by atoms with E-state index in [0.717, 1.165) is 0 Å². The Balaban J connectivity index is 4.04. The van der Waals surface area contributed by atoms with Crippen molar-refractivity contribution < 1.29 is 46.4 Å². The molecule has 110 valence electrons. The molecule has 1 unspecified atom stereocenters. The molecular formula is C8H13F5O5. The molecular weight excluding hydrogens is 271 g/mol. The summed E-state index contributed by atoms with van der Waals surface area (Å²) >= 11 is 0. The Kier molecular flexibility index (Phi) is 7.55. The lowest BCUT2D eigenvalue weighted by Gasteiger charge is -2.23. The van der Waals surface area contributed by atoms with E-state index in [1.54, 1.807) is 0 Å². The lowest BCUT2D eigenvalue weighted by atomic mass is 10.4. The van der Waals surface area contributed by atoms with Crippen LogP contribution in [0.15, 0.2) is 0 Å². The van der Waals surface area contributed by atoms with Gasteiger partial charge in [0.2, 0.25) is 0 Å². The molecule has 0 aromatic carbocycles. The van der Waals surface area contributed by atoms with E-state index < -0.39 is 51.6 Å². The Morgan fingerprint density at radius 3 is 1.94 bits per heavy atom. The molecule has 0 bridgehead atoms. The first-order valence-corrected chi connectivity index (χ1v) is 4.68. The molecule has 0 rings (SSSR count). The standard InChI is InChI=1S/C8H13F5O5/c9-5-17-4-8(12,13)18-7(10,11)3-16-2-6(15)1-14/h6,14-15H,1-5H2. The van der Waals surface area contributed by atoms with Gasteiger partial charge < -0.3 is 19.7 Å². The Hall–Kier alpha value is -0.550. The van der Waals surface area contributed by atoms with Crippen LogP contribution in [-0.4, -0.2) is 61.8 Å². The average Bonchev–Trinajstić information content (AvgIpc) is 2.24. The van der Waals surface area contributed by atoms with Crippen LogP contribution in [0, 0.1) is 0 Å². The maximum absolute atomic E-state index is 12.8. The van der Waals surface area contributed by atoms with Gasteiger partial charge in [0.25, 0.3) is 0 Å². The molecule has 0 aromatic rings. The summed E-state index contributed by atoms with van der Waals surface area (Å²) in [6.45, 7) is -6.20. The van der Waals surface area contributed by atoms with Crippen molar-refractivity contribution in [3.8, 4) is 0 Å². The van der Waals surface area contributed by atoms with Crippen molar-refractivity contribution in [3.63, 3.8) is 0 Å². The largest absolute Gasteiger partial charge is 0.394 e. The number of halogens is 5. The summed E-state index contributed by atoms with van der Waals surface area (Å²) in [7, 11) is 0. The monoisotopic (exact) mass is 284 g/mol. The quantitative estimate of drug-likeness (QED) is 0.572. The molecule has 0 aliphatic heterocycles. The van der Waals surface area contributed by atoms with Crippen LogP contribution in [0.2, 0.25) is 0 Å². The minimum absolute atomic E-state index is 0.679. The molecule has 0 spiro atoms. The Morgan fingerprint density at radius 1 is 1.00 bits per heavy atom. The molecule has 0 aromatic heterocycles. The van der Waals surface area contributed by atoms with Crippen molar-refractivity contribution in [2.45, 2.75) is 18.3 Å². The third kappa shape index (κ3) is 8.53. The van der Waals surface area contributed by atoms with Gasteiger partial charge in [-0.25, -0.2) is 4.39 Å². The van der Waals surface area contributed by atoms with Gasteiger partial charge in [0, 0.05) is 0 Å². The second kappa shape index (κ2) is 7.79. The van der Waals surface area contributed by atoms with Gasteiger partial charge in [-0.3, -0.25) is 4.74 Å². The van der Waals surface area contributed by atoms with Crippen LogP contribution in [0.3, 0.4) is 0 Å². The summed E-state index contributed by atoms with van der Waals surface area (Å²) in [4.78, 5) is 0. The zero-order valence-electron chi connectivity index (χ0n) is 9.12. The number of hydrogen-bond acceptors (Lipinski definition) is 5. The summed E-state index contributed by atoms with van der Waals surface area (Å²) in [5.41, 5.74) is 0. The number of hydrogen-bond donors (Lipinski definition) is 2. The number of rotatable bonds is 10. The Labute approximate surface area is 99.1 Å². The average molecular weight is 284 g/mol. The van der Waals surface area contributed by atoms with Gasteiger partial charge in [-0.15, -0.1) is 0 Å². The van der Waals surface area contributed by atoms with Gasteiger partial charge in [-0.1, -0.05) is 0 Å². The second-order valence-electron chi connectivity index (χ2n) is 3.19. The number of ether oxygens (including phenoxy) is 3. The van der Waals surface area contributed by atoms with E-state index in [4.69, 9.17) is 10.2 Å². The SMILES string of the molecule is OCC(O)COCC(F)(F)OC(F)(F)COCF. The fourth-order valence-electron chi connectivity index (χ4n) is 0.801. The number of alkyl halides is 5. The third-order valence-electron chi connectivity index (χ3n) is 1.44. The van der Waals surface area contributed by atoms with Crippen LogP contribution in [-0.2, 0) is 14.2 Å². The molecule has 0 radical (unpaired) electrons. The molecule has 5 nitrogen and oxygen atoms in total. The first-order valence-electron chi connectivity index (χ1n) is 4.68. The fraction of sp³-hybridized carbons (Fsp3) is 1.00. The van der Waals surface area contributed by atoms with Crippen molar-refractivity contribution in [3.05, 3.63) is 0 Å². The molecule has 0 heterocycles. The molecule has 0 saturated heterocycles. The summed E-state index contributed by atoms with van der Waals surface area (Å²) in [6.07, 6.45) is -10.1. The molecule has 10 heteroatoms. The van der Waals surface area contributed by atoms with Crippen LogP contribution in [0.1, 0.15) is 0 Å². The molecule has 0 fully saturated rings. The number of aliphatic hydroxyl groups is 2. The van der Waals surface area contributed by atoms with E-state index in [9.17, 15) is 22.0 Å². The van der Waals surface area contributed by atoms with Crippen LogP contribution in [0.4, 0.5) is 22.0 Å². The van der Waals surface area contributed by atoms with Crippen molar-refractivity contribution in [1.29, 1.82) is 0 Å². The lowest BCUT2D eigenvalue weighted by Crippen LogP contribution is -2.40. The molecule has 1 atom stereocenters. The van der Waals surface area contributed by atoms with E-state index in [-0.39, 0.29) is 0 Å². The van der Waals surface area contributed by atoms with Crippen molar-refractivity contribution >= 4 is 0 Å². The van der Waals surface area contributed by atoms with Gasteiger partial charge in [0.05, 0.1) is 13.2 Å². The van der Waals surface area contributed by atoms with Crippen LogP contribution in [0.25, 0.3) is 0 Å². The molecule has 0 aliphatic carbocycles. The van der Waals surface area contributed by atoms with Gasteiger partial charge in [0.15, 0.2) is 6.86 Å². The van der Waals surface area contributed by atoms with Gasteiger partial charge in [0.1, 0.15) is 19.3 Å². The zero-order valence-corrected chi connectivity index (χ0v) is 9.12. The minimum Gasteiger partial charge on any atom is -0.394 e. The summed E-state index contributed by atoms with van der Waals surface area (Å²) in [6, 6.07) is 0. The predicted octanol–water partition coefficient (Wildman–Crippen LogP) is 0.502. The van der Waals surface area contributed by atoms with Crippen LogP contribution < -0.4 is 0 Å². The van der Waals surface area contributed by atoms with Crippen LogP contribution in [0.5, 0.6) is 0 Å². The zero-order chi connectivity index (χ0) is 14.2. The maximum atomic E-state index is 12.8. The smallest absolute Gasteiger partial charge is 0.383 e. The molecule has 18 heavy (non-hydrogen) atoms. The van der Waals surface area contributed by atoms with E-state index in [2.05, 4.69) is 14.2 Å². The maximum Gasteiger partial charge on any atom is 0.383 e.